The number of carboxylic acid groups (broad SMARTS) is 1. The number of sulfonamides is 1. The van der Waals surface area contributed by atoms with Gasteiger partial charge < -0.3 is 10.4 Å². The molecule has 0 aromatic heterocycles. The molecule has 7 nitrogen and oxygen atoms in total. The van der Waals surface area contributed by atoms with Gasteiger partial charge in [-0.1, -0.05) is 13.3 Å². The zero-order valence-corrected chi connectivity index (χ0v) is 15.5. The Morgan fingerprint density at radius 2 is 1.92 bits per heavy atom. The Bertz CT molecular complexity index is 801. The number of nitrogens with one attached hydrogen (secondary N) is 2. The highest BCUT2D eigenvalue weighted by Gasteiger charge is 2.43. The van der Waals surface area contributed by atoms with Crippen LogP contribution in [0.1, 0.15) is 49.4 Å². The Hall–Kier alpha value is -2.16. The van der Waals surface area contributed by atoms with Crippen molar-refractivity contribution in [2.45, 2.75) is 44.6 Å². The number of hydrogen-bond donors (Lipinski definition) is 3. The van der Waals surface area contributed by atoms with Crippen molar-refractivity contribution in [2.75, 3.05) is 11.0 Å². The summed E-state index contributed by atoms with van der Waals surface area (Å²) in [6.45, 7) is 2.05. The maximum absolute atomic E-state index is 13.8. The molecule has 1 aromatic rings. The Morgan fingerprint density at radius 3 is 2.42 bits per heavy atom. The van der Waals surface area contributed by atoms with Gasteiger partial charge in [0.1, 0.15) is 11.4 Å². The SMILES string of the molecule is CCC1CCC(NC(=O)c2ccc(F)c(NS(C)(=O)=O)c2)(C(=O)O)CC1. The number of benzene rings is 1. The van der Waals surface area contributed by atoms with Crippen LogP contribution in [0.4, 0.5) is 10.1 Å². The Morgan fingerprint density at radius 1 is 1.31 bits per heavy atom. The van der Waals surface area contributed by atoms with Crippen molar-refractivity contribution >= 4 is 27.6 Å². The molecular weight excluding hydrogens is 363 g/mol. The first-order chi connectivity index (χ1) is 12.1. The maximum atomic E-state index is 13.8. The van der Waals surface area contributed by atoms with Crippen molar-refractivity contribution < 1.29 is 27.5 Å². The van der Waals surface area contributed by atoms with Gasteiger partial charge in [0.2, 0.25) is 10.0 Å². The summed E-state index contributed by atoms with van der Waals surface area (Å²) in [6, 6.07) is 3.20. The van der Waals surface area contributed by atoms with Gasteiger partial charge >= 0.3 is 5.97 Å². The van der Waals surface area contributed by atoms with Crippen LogP contribution < -0.4 is 10.0 Å². The van der Waals surface area contributed by atoms with Crippen molar-refractivity contribution in [1.29, 1.82) is 0 Å². The van der Waals surface area contributed by atoms with E-state index in [1.165, 1.54) is 6.07 Å². The molecule has 0 atom stereocenters. The normalized spacial score (nSPS) is 23.3. The van der Waals surface area contributed by atoms with Gasteiger partial charge in [0.25, 0.3) is 5.91 Å². The minimum absolute atomic E-state index is 0.0178. The number of carbonyl (C=O) groups excluding carboxylic acids is 1. The van der Waals surface area contributed by atoms with E-state index in [2.05, 4.69) is 5.32 Å². The fourth-order valence-corrected chi connectivity index (χ4v) is 3.76. The third-order valence-electron chi connectivity index (χ3n) is 4.82. The summed E-state index contributed by atoms with van der Waals surface area (Å²) in [5.41, 5.74) is -1.74. The summed E-state index contributed by atoms with van der Waals surface area (Å²) >= 11 is 0. The Balaban J connectivity index is 2.22. The fraction of sp³-hybridized carbons (Fsp3) is 0.529. The first-order valence-corrected chi connectivity index (χ1v) is 10.3. The Labute approximate surface area is 152 Å². The van der Waals surface area contributed by atoms with Gasteiger partial charge in [0, 0.05) is 5.56 Å². The number of anilines is 1. The highest BCUT2D eigenvalue weighted by molar-refractivity contribution is 7.92. The van der Waals surface area contributed by atoms with E-state index in [9.17, 15) is 27.5 Å². The molecule has 0 spiro atoms. The van der Waals surface area contributed by atoms with E-state index in [1.807, 2.05) is 11.6 Å². The third-order valence-corrected chi connectivity index (χ3v) is 5.41. The fourth-order valence-electron chi connectivity index (χ4n) is 3.20. The smallest absolute Gasteiger partial charge is 0.329 e. The van der Waals surface area contributed by atoms with E-state index in [0.29, 0.717) is 31.6 Å². The summed E-state index contributed by atoms with van der Waals surface area (Å²) < 4.78 is 38.3. The van der Waals surface area contributed by atoms with Crippen LogP contribution in [0.25, 0.3) is 0 Å². The third kappa shape index (κ3) is 4.72. The van der Waals surface area contributed by atoms with Crippen molar-refractivity contribution in [3.63, 3.8) is 0 Å². The van der Waals surface area contributed by atoms with Crippen molar-refractivity contribution in [3.05, 3.63) is 29.6 Å². The monoisotopic (exact) mass is 386 g/mol. The van der Waals surface area contributed by atoms with E-state index >= 15 is 0 Å². The van der Waals surface area contributed by atoms with E-state index < -0.39 is 33.3 Å². The standard InChI is InChI=1S/C17H23FN2O5S/c1-3-11-6-8-17(9-7-11,16(22)23)19-15(21)12-4-5-13(18)14(10-12)20-26(2,24)25/h4-5,10-11,20H,3,6-9H2,1-2H3,(H,19,21)(H,22,23). The molecule has 26 heavy (non-hydrogen) atoms. The number of aliphatic carboxylic acids is 1. The van der Waals surface area contributed by atoms with Crippen LogP contribution in [0.15, 0.2) is 18.2 Å². The van der Waals surface area contributed by atoms with Crippen LogP contribution in [0, 0.1) is 11.7 Å². The summed E-state index contributed by atoms with van der Waals surface area (Å²) in [4.78, 5) is 24.3. The first kappa shape index (κ1) is 20.2. The molecule has 1 fully saturated rings. The molecule has 0 saturated heterocycles. The van der Waals surface area contributed by atoms with Crippen LogP contribution in [0.2, 0.25) is 0 Å². The summed E-state index contributed by atoms with van der Waals surface area (Å²) in [5.74, 6) is -2.17. The summed E-state index contributed by atoms with van der Waals surface area (Å²) in [7, 11) is -3.72. The van der Waals surface area contributed by atoms with E-state index in [1.54, 1.807) is 0 Å². The highest BCUT2D eigenvalue weighted by atomic mass is 32.2. The lowest BCUT2D eigenvalue weighted by Gasteiger charge is -2.37. The summed E-state index contributed by atoms with van der Waals surface area (Å²) in [6.07, 6.45) is 3.87. The van der Waals surface area contributed by atoms with E-state index in [0.717, 1.165) is 24.8 Å². The number of rotatable bonds is 6. The van der Waals surface area contributed by atoms with Gasteiger partial charge in [-0.2, -0.15) is 0 Å². The van der Waals surface area contributed by atoms with Gasteiger partial charge in [0.15, 0.2) is 0 Å². The number of amides is 1. The predicted molar refractivity (Wildman–Crippen MR) is 94.9 cm³/mol. The minimum atomic E-state index is -3.72. The zero-order chi connectivity index (χ0) is 19.5. The molecule has 1 saturated carbocycles. The molecule has 1 amide bonds. The van der Waals surface area contributed by atoms with Gasteiger partial charge in [0.05, 0.1) is 11.9 Å². The molecule has 0 heterocycles. The molecule has 1 aliphatic rings. The molecule has 9 heteroatoms. The van der Waals surface area contributed by atoms with E-state index in [4.69, 9.17) is 0 Å². The zero-order valence-electron chi connectivity index (χ0n) is 14.7. The van der Waals surface area contributed by atoms with Crippen LogP contribution in [-0.4, -0.2) is 37.2 Å². The average Bonchev–Trinajstić information content (AvgIpc) is 2.56. The van der Waals surface area contributed by atoms with Crippen LogP contribution in [0.3, 0.4) is 0 Å². The second-order valence-corrected chi connectivity index (χ2v) is 8.51. The molecule has 0 bridgehead atoms. The second-order valence-electron chi connectivity index (χ2n) is 6.76. The largest absolute Gasteiger partial charge is 0.480 e. The lowest BCUT2D eigenvalue weighted by molar-refractivity contribution is -0.146. The highest BCUT2D eigenvalue weighted by Crippen LogP contribution is 2.34. The van der Waals surface area contributed by atoms with Gasteiger partial charge in [-0.15, -0.1) is 0 Å². The van der Waals surface area contributed by atoms with Gasteiger partial charge in [-0.3, -0.25) is 9.52 Å². The van der Waals surface area contributed by atoms with Crippen molar-refractivity contribution in [1.82, 2.24) is 5.32 Å². The van der Waals surface area contributed by atoms with Gasteiger partial charge in [-0.25, -0.2) is 17.6 Å². The minimum Gasteiger partial charge on any atom is -0.480 e. The molecule has 144 valence electrons. The molecule has 2 rings (SSSR count). The number of carboxylic acids is 1. The molecule has 1 aliphatic carbocycles. The molecule has 1 aromatic carbocycles. The molecular formula is C17H23FN2O5S. The number of halogens is 1. The van der Waals surface area contributed by atoms with E-state index in [-0.39, 0.29) is 11.3 Å². The quantitative estimate of drug-likeness (QED) is 0.695. The topological polar surface area (TPSA) is 113 Å². The van der Waals surface area contributed by atoms with Crippen molar-refractivity contribution in [2.24, 2.45) is 5.92 Å². The molecule has 0 aliphatic heterocycles. The van der Waals surface area contributed by atoms with Crippen LogP contribution >= 0.6 is 0 Å². The number of carbonyl (C=O) groups is 2. The second kappa shape index (κ2) is 7.61. The predicted octanol–water partition coefficient (Wildman–Crippen LogP) is 2.35. The maximum Gasteiger partial charge on any atom is 0.329 e. The van der Waals surface area contributed by atoms with Crippen molar-refractivity contribution in [3.8, 4) is 0 Å². The first-order valence-electron chi connectivity index (χ1n) is 8.39. The molecule has 3 N–H and O–H groups in total. The average molecular weight is 386 g/mol. The lowest BCUT2D eigenvalue weighted by Crippen LogP contribution is -2.56. The lowest BCUT2D eigenvalue weighted by atomic mass is 9.75. The van der Waals surface area contributed by atoms with Crippen LogP contribution in [0.5, 0.6) is 0 Å². The van der Waals surface area contributed by atoms with Crippen LogP contribution in [-0.2, 0) is 14.8 Å². The van der Waals surface area contributed by atoms with Gasteiger partial charge in [-0.05, 0) is 49.8 Å². The summed E-state index contributed by atoms with van der Waals surface area (Å²) in [5, 5.41) is 12.2. The number of hydrogen-bond acceptors (Lipinski definition) is 4. The molecule has 0 radical (unpaired) electrons. The molecule has 0 unspecified atom stereocenters. The Kier molecular flexibility index (Phi) is 5.90.